The molecule has 0 radical (unpaired) electrons. The monoisotopic (exact) mass is 272 g/mol. The standard InChI is InChI=1S/C13H15F3N2O/c1-12(2,19)8-18(3)10-5-4-9(7-17)11(6-10)13(14,15)16/h4-6,19H,8H2,1-3H3. The Bertz CT molecular complexity index is 498. The first-order chi connectivity index (χ1) is 8.54. The molecular weight excluding hydrogens is 257 g/mol. The molecule has 1 N–H and O–H groups in total. The molecule has 0 aromatic heterocycles. The lowest BCUT2D eigenvalue weighted by Gasteiger charge is -2.27. The zero-order valence-electron chi connectivity index (χ0n) is 10.9. The molecule has 0 spiro atoms. The number of nitriles is 1. The van der Waals surface area contributed by atoms with Crippen LogP contribution in [0.15, 0.2) is 18.2 Å². The van der Waals surface area contributed by atoms with E-state index in [0.29, 0.717) is 5.69 Å². The van der Waals surface area contributed by atoms with Crippen LogP contribution < -0.4 is 4.90 Å². The van der Waals surface area contributed by atoms with E-state index in [9.17, 15) is 18.3 Å². The zero-order chi connectivity index (χ0) is 14.8. The van der Waals surface area contributed by atoms with Crippen LogP contribution >= 0.6 is 0 Å². The summed E-state index contributed by atoms with van der Waals surface area (Å²) in [6.45, 7) is 3.31. The van der Waals surface area contributed by atoms with Gasteiger partial charge in [0.2, 0.25) is 0 Å². The summed E-state index contributed by atoms with van der Waals surface area (Å²) in [6, 6.07) is 5.02. The smallest absolute Gasteiger partial charge is 0.389 e. The van der Waals surface area contributed by atoms with E-state index < -0.39 is 22.9 Å². The quantitative estimate of drug-likeness (QED) is 0.920. The molecule has 1 aromatic carbocycles. The Kier molecular flexibility index (Phi) is 4.11. The largest absolute Gasteiger partial charge is 0.417 e. The number of alkyl halides is 3. The Morgan fingerprint density at radius 3 is 2.32 bits per heavy atom. The van der Waals surface area contributed by atoms with Crippen molar-refractivity contribution in [2.24, 2.45) is 0 Å². The van der Waals surface area contributed by atoms with E-state index in [1.54, 1.807) is 20.9 Å². The van der Waals surface area contributed by atoms with Crippen LogP contribution in [0.4, 0.5) is 18.9 Å². The maximum Gasteiger partial charge on any atom is 0.417 e. The first-order valence-electron chi connectivity index (χ1n) is 5.59. The fraction of sp³-hybridized carbons (Fsp3) is 0.462. The summed E-state index contributed by atoms with van der Waals surface area (Å²) in [5.74, 6) is 0. The Balaban J connectivity index is 3.16. The van der Waals surface area contributed by atoms with Gasteiger partial charge < -0.3 is 10.0 Å². The molecule has 0 saturated carbocycles. The molecule has 0 aliphatic rings. The van der Waals surface area contributed by atoms with Gasteiger partial charge in [-0.25, -0.2) is 0 Å². The predicted octanol–water partition coefficient (Wildman–Crippen LogP) is 2.78. The number of hydrogen-bond donors (Lipinski definition) is 1. The van der Waals surface area contributed by atoms with Gasteiger partial charge in [-0.2, -0.15) is 18.4 Å². The summed E-state index contributed by atoms with van der Waals surface area (Å²) >= 11 is 0. The number of anilines is 1. The lowest BCUT2D eigenvalue weighted by molar-refractivity contribution is -0.137. The molecule has 0 heterocycles. The first kappa shape index (κ1) is 15.3. The van der Waals surface area contributed by atoms with Crippen LogP contribution in [0.25, 0.3) is 0 Å². The Morgan fingerprint density at radius 2 is 1.89 bits per heavy atom. The maximum atomic E-state index is 12.8. The fourth-order valence-electron chi connectivity index (χ4n) is 1.77. The molecule has 0 atom stereocenters. The Morgan fingerprint density at radius 1 is 1.32 bits per heavy atom. The van der Waals surface area contributed by atoms with Gasteiger partial charge in [0, 0.05) is 19.3 Å². The van der Waals surface area contributed by atoms with Gasteiger partial charge in [-0.05, 0) is 32.0 Å². The van der Waals surface area contributed by atoms with Crippen LogP contribution in [0.1, 0.15) is 25.0 Å². The van der Waals surface area contributed by atoms with Gasteiger partial charge in [-0.3, -0.25) is 0 Å². The third kappa shape index (κ3) is 4.14. The van der Waals surface area contributed by atoms with Gasteiger partial charge in [0.1, 0.15) is 0 Å². The number of nitrogens with zero attached hydrogens (tertiary/aromatic N) is 2. The molecule has 6 heteroatoms. The Hall–Kier alpha value is -1.74. The van der Waals surface area contributed by atoms with Gasteiger partial charge in [0.25, 0.3) is 0 Å². The average molecular weight is 272 g/mol. The topological polar surface area (TPSA) is 47.3 Å². The second-order valence-electron chi connectivity index (χ2n) is 5.01. The van der Waals surface area contributed by atoms with Crippen molar-refractivity contribution in [1.29, 1.82) is 5.26 Å². The van der Waals surface area contributed by atoms with Crippen molar-refractivity contribution in [2.75, 3.05) is 18.5 Å². The van der Waals surface area contributed by atoms with E-state index in [2.05, 4.69) is 0 Å². The van der Waals surface area contributed by atoms with Crippen molar-refractivity contribution in [3.8, 4) is 6.07 Å². The summed E-state index contributed by atoms with van der Waals surface area (Å²) in [7, 11) is 1.58. The van der Waals surface area contributed by atoms with Crippen LogP contribution in [0, 0.1) is 11.3 Å². The molecule has 0 unspecified atom stereocenters. The Labute approximate surface area is 109 Å². The number of rotatable bonds is 3. The third-order valence-corrected chi connectivity index (χ3v) is 2.49. The van der Waals surface area contributed by atoms with Gasteiger partial charge in [-0.1, -0.05) is 0 Å². The van der Waals surface area contributed by atoms with E-state index in [4.69, 9.17) is 5.26 Å². The van der Waals surface area contributed by atoms with Gasteiger partial charge in [0.15, 0.2) is 0 Å². The molecule has 0 aliphatic carbocycles. The SMILES string of the molecule is CN(CC(C)(C)O)c1ccc(C#N)c(C(F)(F)F)c1. The van der Waals surface area contributed by atoms with Crippen LogP contribution in [-0.4, -0.2) is 24.3 Å². The number of likely N-dealkylation sites (N-methyl/N-ethyl adjacent to an activating group) is 1. The lowest BCUT2D eigenvalue weighted by Crippen LogP contribution is -2.36. The number of aliphatic hydroxyl groups is 1. The number of benzene rings is 1. The van der Waals surface area contributed by atoms with E-state index in [1.165, 1.54) is 17.0 Å². The molecule has 19 heavy (non-hydrogen) atoms. The van der Waals surface area contributed by atoms with Gasteiger partial charge in [0.05, 0.1) is 22.8 Å². The molecule has 1 aromatic rings. The van der Waals surface area contributed by atoms with Crippen molar-refractivity contribution >= 4 is 5.69 Å². The minimum absolute atomic E-state index is 0.177. The van der Waals surface area contributed by atoms with Gasteiger partial charge in [-0.15, -0.1) is 0 Å². The predicted molar refractivity (Wildman–Crippen MR) is 65.7 cm³/mol. The molecule has 0 fully saturated rings. The van der Waals surface area contributed by atoms with Crippen molar-refractivity contribution in [1.82, 2.24) is 0 Å². The zero-order valence-corrected chi connectivity index (χ0v) is 10.9. The highest BCUT2D eigenvalue weighted by atomic mass is 19.4. The van der Waals surface area contributed by atoms with E-state index in [0.717, 1.165) is 12.1 Å². The van der Waals surface area contributed by atoms with E-state index in [-0.39, 0.29) is 6.54 Å². The summed E-state index contributed by atoms with van der Waals surface area (Å²) in [6.07, 6.45) is -4.57. The van der Waals surface area contributed by atoms with Crippen molar-refractivity contribution < 1.29 is 18.3 Å². The first-order valence-corrected chi connectivity index (χ1v) is 5.59. The maximum absolute atomic E-state index is 12.8. The number of halogens is 3. The molecule has 104 valence electrons. The van der Waals surface area contributed by atoms with Crippen molar-refractivity contribution in [3.63, 3.8) is 0 Å². The molecular formula is C13H15F3N2O. The normalized spacial score (nSPS) is 12.1. The number of hydrogen-bond acceptors (Lipinski definition) is 3. The van der Waals surface area contributed by atoms with E-state index >= 15 is 0 Å². The van der Waals surface area contributed by atoms with Crippen LogP contribution in [0.2, 0.25) is 0 Å². The van der Waals surface area contributed by atoms with Crippen LogP contribution in [0.3, 0.4) is 0 Å². The minimum Gasteiger partial charge on any atom is -0.389 e. The molecule has 3 nitrogen and oxygen atoms in total. The summed E-state index contributed by atoms with van der Waals surface area (Å²) in [5.41, 5.74) is -2.10. The summed E-state index contributed by atoms with van der Waals surface area (Å²) in [4.78, 5) is 1.51. The summed E-state index contributed by atoms with van der Waals surface area (Å²) < 4.78 is 38.4. The average Bonchev–Trinajstić information content (AvgIpc) is 2.24. The van der Waals surface area contributed by atoms with Crippen LogP contribution in [-0.2, 0) is 6.18 Å². The van der Waals surface area contributed by atoms with Gasteiger partial charge >= 0.3 is 6.18 Å². The highest BCUT2D eigenvalue weighted by molar-refractivity contribution is 5.54. The van der Waals surface area contributed by atoms with Crippen molar-refractivity contribution in [2.45, 2.75) is 25.6 Å². The van der Waals surface area contributed by atoms with Crippen LogP contribution in [0.5, 0.6) is 0 Å². The van der Waals surface area contributed by atoms with Crippen molar-refractivity contribution in [3.05, 3.63) is 29.3 Å². The lowest BCUT2D eigenvalue weighted by atomic mass is 10.1. The molecule has 1 rings (SSSR count). The van der Waals surface area contributed by atoms with E-state index in [1.807, 2.05) is 0 Å². The highest BCUT2D eigenvalue weighted by Gasteiger charge is 2.34. The second-order valence-corrected chi connectivity index (χ2v) is 5.01. The second kappa shape index (κ2) is 5.10. The third-order valence-electron chi connectivity index (χ3n) is 2.49. The molecule has 0 aliphatic heterocycles. The highest BCUT2D eigenvalue weighted by Crippen LogP contribution is 2.34. The fourth-order valence-corrected chi connectivity index (χ4v) is 1.77. The summed E-state index contributed by atoms with van der Waals surface area (Å²) in [5, 5.41) is 18.4. The molecule has 0 amide bonds. The minimum atomic E-state index is -4.57. The molecule has 0 saturated heterocycles. The molecule has 0 bridgehead atoms.